The van der Waals surface area contributed by atoms with Crippen molar-refractivity contribution in [2.45, 2.75) is 25.3 Å². The summed E-state index contributed by atoms with van der Waals surface area (Å²) in [5.41, 5.74) is 1.14. The van der Waals surface area contributed by atoms with Gasteiger partial charge in [-0.3, -0.25) is 4.79 Å². The van der Waals surface area contributed by atoms with Crippen LogP contribution in [0.1, 0.15) is 24.2 Å². The van der Waals surface area contributed by atoms with Crippen molar-refractivity contribution in [2.75, 3.05) is 47.0 Å². The Morgan fingerprint density at radius 1 is 0.974 bits per heavy atom. The van der Waals surface area contributed by atoms with Crippen molar-refractivity contribution >= 4 is 43.6 Å². The number of fused-ring (bicyclic) bond motifs is 1. The summed E-state index contributed by atoms with van der Waals surface area (Å²) in [5.74, 6) is 0.683. The van der Waals surface area contributed by atoms with E-state index in [1.165, 1.54) is 44.8 Å². The van der Waals surface area contributed by atoms with E-state index in [4.69, 9.17) is 14.2 Å². The van der Waals surface area contributed by atoms with E-state index >= 15 is 0 Å². The third kappa shape index (κ3) is 5.40. The van der Waals surface area contributed by atoms with Gasteiger partial charge in [0.2, 0.25) is 10.0 Å². The zero-order valence-corrected chi connectivity index (χ0v) is 23.3. The summed E-state index contributed by atoms with van der Waals surface area (Å²) in [6, 6.07) is 9.44. The number of aromatic nitrogens is 1. The zero-order valence-electron chi connectivity index (χ0n) is 21.7. The lowest BCUT2D eigenvalue weighted by Gasteiger charge is -2.33. The molecule has 3 aromatic rings. The highest BCUT2D eigenvalue weighted by Crippen LogP contribution is 2.33. The van der Waals surface area contributed by atoms with E-state index < -0.39 is 22.0 Å². The lowest BCUT2D eigenvalue weighted by Crippen LogP contribution is -2.50. The molecule has 0 radical (unpaired) electrons. The summed E-state index contributed by atoms with van der Waals surface area (Å²) >= 11 is 1.35. The summed E-state index contributed by atoms with van der Waals surface area (Å²) in [7, 11) is -0.653. The first-order valence-electron chi connectivity index (χ1n) is 12.1. The molecule has 38 heavy (non-hydrogen) atoms. The molecule has 13 heteroatoms. The number of benzene rings is 2. The molecule has 1 aliphatic rings. The lowest BCUT2D eigenvalue weighted by molar-refractivity contribution is 0.0933. The minimum absolute atomic E-state index is 0.0725. The average Bonchev–Trinajstić information content (AvgIpc) is 3.27. The summed E-state index contributed by atoms with van der Waals surface area (Å²) < 4.78 is 46.1. The number of rotatable bonds is 7. The van der Waals surface area contributed by atoms with Crippen molar-refractivity contribution in [3.05, 3.63) is 46.8 Å². The number of carbonyl (C=O) groups is 2. The Hall–Kier alpha value is -3.42. The van der Waals surface area contributed by atoms with Crippen LogP contribution in [-0.2, 0) is 21.3 Å². The molecule has 0 aliphatic carbocycles. The van der Waals surface area contributed by atoms with Gasteiger partial charge in [0, 0.05) is 50.4 Å². The number of thiazole rings is 1. The molecule has 0 spiro atoms. The van der Waals surface area contributed by atoms with Crippen LogP contribution in [0, 0.1) is 0 Å². The summed E-state index contributed by atoms with van der Waals surface area (Å²) in [6.45, 7) is 5.35. The summed E-state index contributed by atoms with van der Waals surface area (Å²) in [6.07, 6.45) is -0.447. The van der Waals surface area contributed by atoms with Crippen LogP contribution in [-0.4, -0.2) is 81.2 Å². The van der Waals surface area contributed by atoms with Gasteiger partial charge in [0.25, 0.3) is 5.91 Å². The van der Waals surface area contributed by atoms with Crippen molar-refractivity contribution < 1.29 is 32.2 Å². The number of carbonyl (C=O) groups excluding carboxylic acids is 2. The Bertz CT molecular complexity index is 1500. The smallest absolute Gasteiger partial charge is 0.409 e. The molecule has 1 fully saturated rings. The molecule has 0 saturated carbocycles. The number of methoxy groups -OCH3 is 2. The molecule has 0 unspecified atom stereocenters. The minimum atomic E-state index is -3.78. The molecule has 204 valence electrons. The Kier molecular flexibility index (Phi) is 8.38. The van der Waals surface area contributed by atoms with E-state index in [0.29, 0.717) is 22.8 Å². The van der Waals surface area contributed by atoms with Crippen molar-refractivity contribution in [1.82, 2.24) is 13.8 Å². The molecule has 2 amide bonds. The van der Waals surface area contributed by atoms with Crippen LogP contribution in [0.2, 0.25) is 0 Å². The van der Waals surface area contributed by atoms with Crippen LogP contribution in [0.25, 0.3) is 10.2 Å². The quantitative estimate of drug-likeness (QED) is 0.434. The molecule has 2 heterocycles. The van der Waals surface area contributed by atoms with Gasteiger partial charge >= 0.3 is 6.09 Å². The van der Waals surface area contributed by atoms with Crippen molar-refractivity contribution in [3.63, 3.8) is 0 Å². The van der Waals surface area contributed by atoms with Crippen LogP contribution in [0.15, 0.2) is 46.3 Å². The molecule has 1 aromatic heterocycles. The van der Waals surface area contributed by atoms with E-state index in [1.807, 2.05) is 23.6 Å². The molecule has 0 N–H and O–H groups in total. The van der Waals surface area contributed by atoms with Crippen LogP contribution in [0.4, 0.5) is 4.79 Å². The fraction of sp³-hybridized carbons (Fsp3) is 0.400. The molecule has 11 nitrogen and oxygen atoms in total. The monoisotopic (exact) mass is 562 g/mol. The number of hydrogen-bond acceptors (Lipinski definition) is 8. The number of piperazine rings is 1. The Labute approximate surface area is 224 Å². The van der Waals surface area contributed by atoms with Gasteiger partial charge in [-0.1, -0.05) is 11.3 Å². The van der Waals surface area contributed by atoms with Gasteiger partial charge in [-0.15, -0.1) is 0 Å². The first-order chi connectivity index (χ1) is 18.2. The fourth-order valence-corrected chi connectivity index (χ4v) is 6.71. The first kappa shape index (κ1) is 27.6. The lowest BCUT2D eigenvalue weighted by atomic mass is 10.2. The number of hydrogen-bond donors (Lipinski definition) is 0. The topological polar surface area (TPSA) is 120 Å². The summed E-state index contributed by atoms with van der Waals surface area (Å²) in [4.78, 5) is 31.3. The van der Waals surface area contributed by atoms with Gasteiger partial charge in [-0.2, -0.15) is 9.30 Å². The van der Waals surface area contributed by atoms with Crippen LogP contribution in [0.5, 0.6) is 11.5 Å². The normalized spacial score (nSPS) is 15.1. The van der Waals surface area contributed by atoms with Gasteiger partial charge in [0.15, 0.2) is 16.3 Å². The van der Waals surface area contributed by atoms with Crippen LogP contribution >= 0.6 is 11.3 Å². The van der Waals surface area contributed by atoms with Crippen LogP contribution < -0.4 is 14.3 Å². The van der Waals surface area contributed by atoms with Gasteiger partial charge in [0.05, 0.1) is 35.9 Å². The molecule has 0 bridgehead atoms. The Morgan fingerprint density at radius 3 is 2.18 bits per heavy atom. The molecule has 1 aliphatic heterocycles. The molecule has 0 atom stereocenters. The first-order valence-corrected chi connectivity index (χ1v) is 14.4. The number of amides is 2. The second kappa shape index (κ2) is 11.5. The number of ether oxygens (including phenoxy) is 3. The van der Waals surface area contributed by atoms with Crippen LogP contribution in [0.3, 0.4) is 0 Å². The standard InChI is InChI=1S/C25H30N4O7S2/c1-5-29-19-15-20(34-3)21(35-4)16-22(19)37-24(29)26-23(30)17-7-9-18(10-8-17)38(32,33)28-13-11-27(12-14-28)25(31)36-6-2/h7-10,15-16H,5-6,11-14H2,1-4H3. The van der Waals surface area contributed by atoms with Crippen molar-refractivity contribution in [3.8, 4) is 11.5 Å². The second-order valence-electron chi connectivity index (χ2n) is 8.34. The minimum Gasteiger partial charge on any atom is -0.493 e. The predicted octanol–water partition coefficient (Wildman–Crippen LogP) is 2.94. The highest BCUT2D eigenvalue weighted by molar-refractivity contribution is 7.89. The maximum Gasteiger partial charge on any atom is 0.409 e. The second-order valence-corrected chi connectivity index (χ2v) is 11.3. The van der Waals surface area contributed by atoms with Crippen molar-refractivity contribution in [1.29, 1.82) is 0 Å². The highest BCUT2D eigenvalue weighted by atomic mass is 32.2. The largest absolute Gasteiger partial charge is 0.493 e. The summed E-state index contributed by atoms with van der Waals surface area (Å²) in [5, 5.41) is 0. The number of nitrogens with zero attached hydrogens (tertiary/aromatic N) is 4. The molecular weight excluding hydrogens is 532 g/mol. The number of sulfonamides is 1. The van der Waals surface area contributed by atoms with E-state index in [2.05, 4.69) is 4.99 Å². The molecular formula is C25H30N4O7S2. The SMILES string of the molecule is CCOC(=O)N1CCN(S(=O)(=O)c2ccc(C(=O)N=c3sc4cc(OC)c(OC)cc4n3CC)cc2)CC1. The molecule has 2 aromatic carbocycles. The van der Waals surface area contributed by atoms with Gasteiger partial charge in [-0.05, 0) is 38.1 Å². The van der Waals surface area contributed by atoms with Gasteiger partial charge < -0.3 is 23.7 Å². The molecule has 1 saturated heterocycles. The zero-order chi connectivity index (χ0) is 27.4. The molecule has 4 rings (SSSR count). The van der Waals surface area contributed by atoms with E-state index in [-0.39, 0.29) is 43.2 Å². The van der Waals surface area contributed by atoms with Gasteiger partial charge in [-0.25, -0.2) is 13.2 Å². The van der Waals surface area contributed by atoms with E-state index in [9.17, 15) is 18.0 Å². The fourth-order valence-electron chi connectivity index (χ4n) is 4.18. The third-order valence-electron chi connectivity index (χ3n) is 6.21. The number of aryl methyl sites for hydroxylation is 1. The third-order valence-corrected chi connectivity index (χ3v) is 9.16. The Balaban J connectivity index is 1.55. The maximum absolute atomic E-state index is 13.1. The van der Waals surface area contributed by atoms with E-state index in [0.717, 1.165) is 10.2 Å². The van der Waals surface area contributed by atoms with E-state index in [1.54, 1.807) is 21.1 Å². The highest BCUT2D eigenvalue weighted by Gasteiger charge is 2.30. The van der Waals surface area contributed by atoms with Gasteiger partial charge in [0.1, 0.15) is 0 Å². The average molecular weight is 563 g/mol. The van der Waals surface area contributed by atoms with Crippen molar-refractivity contribution in [2.24, 2.45) is 4.99 Å². The Morgan fingerprint density at radius 2 is 1.61 bits per heavy atom. The maximum atomic E-state index is 13.1. The predicted molar refractivity (Wildman–Crippen MR) is 142 cm³/mol.